The molecule has 162 valence electrons. The monoisotopic (exact) mass is 495 g/mol. The van der Waals surface area contributed by atoms with E-state index in [4.69, 9.17) is 23.1 Å². The van der Waals surface area contributed by atoms with E-state index >= 15 is 0 Å². The zero-order valence-electron chi connectivity index (χ0n) is 17.2. The van der Waals surface area contributed by atoms with Crippen molar-refractivity contribution in [3.05, 3.63) is 68.7 Å². The minimum absolute atomic E-state index is 0.114. The average Bonchev–Trinajstić information content (AvgIpc) is 2.65. The molecule has 2 atom stereocenters. The summed E-state index contributed by atoms with van der Waals surface area (Å²) in [7, 11) is 0. The maximum atomic E-state index is 13.4. The molecule has 6 nitrogen and oxygen atoms in total. The van der Waals surface area contributed by atoms with Crippen molar-refractivity contribution in [2.45, 2.75) is 38.8 Å². The van der Waals surface area contributed by atoms with Crippen LogP contribution in [-0.2, 0) is 10.3 Å². The average molecular weight is 497 g/mol. The predicted octanol–water partition coefficient (Wildman–Crippen LogP) is 3.64. The second-order valence-electron chi connectivity index (χ2n) is 8.53. The number of benzene rings is 2. The largest absolute Gasteiger partial charge is 0.394 e. The molecule has 6 N–H and O–H groups in total. The van der Waals surface area contributed by atoms with Crippen LogP contribution in [0, 0.1) is 5.41 Å². The van der Waals surface area contributed by atoms with Crippen molar-refractivity contribution in [3.8, 4) is 0 Å². The zero-order valence-corrected chi connectivity index (χ0v) is 19.5. The van der Waals surface area contributed by atoms with Gasteiger partial charge in [-0.15, -0.1) is 0 Å². The van der Waals surface area contributed by atoms with E-state index in [2.05, 4.69) is 21.2 Å². The standard InChI is InChI=1S/C22H27BrClN3O3/c1-21(2,3)12-22(26,14-5-7-15(23)8-6-14)20(30)27-18(11-28)13-4-9-17(24)16(10-13)19(25)29/h4-10,18,28H,11-12,26H2,1-3H3,(H2,25,29)(H,27,30)/t18-,22-/m1/s1. The number of amides is 2. The first-order valence-electron chi connectivity index (χ1n) is 9.43. The van der Waals surface area contributed by atoms with Crippen LogP contribution in [0.2, 0.25) is 5.02 Å². The van der Waals surface area contributed by atoms with Gasteiger partial charge in [0.05, 0.1) is 23.2 Å². The molecule has 0 aliphatic rings. The highest BCUT2D eigenvalue weighted by Gasteiger charge is 2.40. The van der Waals surface area contributed by atoms with E-state index in [1.807, 2.05) is 32.9 Å². The Morgan fingerprint density at radius 2 is 1.77 bits per heavy atom. The highest BCUT2D eigenvalue weighted by molar-refractivity contribution is 9.10. The number of carbonyl (C=O) groups excluding carboxylic acids is 2. The molecule has 0 aromatic heterocycles. The van der Waals surface area contributed by atoms with Crippen molar-refractivity contribution in [1.29, 1.82) is 0 Å². The molecule has 0 bridgehead atoms. The van der Waals surface area contributed by atoms with E-state index in [0.717, 1.165) is 4.47 Å². The first kappa shape index (κ1) is 24.3. The van der Waals surface area contributed by atoms with Gasteiger partial charge in [-0.1, -0.05) is 66.5 Å². The summed E-state index contributed by atoms with van der Waals surface area (Å²) < 4.78 is 0.873. The maximum Gasteiger partial charge on any atom is 0.250 e. The van der Waals surface area contributed by atoms with Gasteiger partial charge in [0.2, 0.25) is 11.8 Å². The second kappa shape index (κ2) is 9.47. The summed E-state index contributed by atoms with van der Waals surface area (Å²) in [6, 6.07) is 11.1. The fourth-order valence-corrected chi connectivity index (χ4v) is 3.84. The van der Waals surface area contributed by atoms with Crippen molar-refractivity contribution in [1.82, 2.24) is 5.32 Å². The quantitative estimate of drug-likeness (QED) is 0.468. The van der Waals surface area contributed by atoms with E-state index in [9.17, 15) is 14.7 Å². The summed E-state index contributed by atoms with van der Waals surface area (Å²) in [6.45, 7) is 5.62. The number of hydrogen-bond acceptors (Lipinski definition) is 4. The second-order valence-corrected chi connectivity index (χ2v) is 9.85. The third kappa shape index (κ3) is 5.82. The van der Waals surface area contributed by atoms with Gasteiger partial charge < -0.3 is 21.9 Å². The van der Waals surface area contributed by atoms with Gasteiger partial charge >= 0.3 is 0 Å². The Hall–Kier alpha value is -1.93. The van der Waals surface area contributed by atoms with Crippen LogP contribution in [-0.4, -0.2) is 23.5 Å². The van der Waals surface area contributed by atoms with E-state index in [0.29, 0.717) is 17.5 Å². The number of hydrogen-bond donors (Lipinski definition) is 4. The molecule has 30 heavy (non-hydrogen) atoms. The lowest BCUT2D eigenvalue weighted by molar-refractivity contribution is -0.129. The minimum atomic E-state index is -1.33. The summed E-state index contributed by atoms with van der Waals surface area (Å²) in [5, 5.41) is 12.9. The molecule has 2 rings (SSSR count). The Bertz CT molecular complexity index is 928. The van der Waals surface area contributed by atoms with Crippen molar-refractivity contribution in [3.63, 3.8) is 0 Å². The van der Waals surface area contributed by atoms with E-state index in [1.165, 1.54) is 12.1 Å². The molecule has 0 saturated heterocycles. The van der Waals surface area contributed by atoms with Gasteiger partial charge in [0.15, 0.2) is 0 Å². The molecular formula is C22H27BrClN3O3. The first-order valence-corrected chi connectivity index (χ1v) is 10.6. The molecule has 0 fully saturated rings. The van der Waals surface area contributed by atoms with Gasteiger partial charge in [-0.05, 0) is 47.2 Å². The normalized spacial score (nSPS) is 14.6. The number of rotatable bonds is 7. The molecule has 2 amide bonds. The highest BCUT2D eigenvalue weighted by atomic mass is 79.9. The van der Waals surface area contributed by atoms with Gasteiger partial charge in [-0.2, -0.15) is 0 Å². The minimum Gasteiger partial charge on any atom is -0.394 e. The van der Waals surface area contributed by atoms with Crippen LogP contribution in [0.4, 0.5) is 0 Å². The number of nitrogens with two attached hydrogens (primary N) is 2. The van der Waals surface area contributed by atoms with Gasteiger partial charge in [0.25, 0.3) is 0 Å². The SMILES string of the molecule is CC(C)(C)C[C@](N)(C(=O)N[C@H](CO)c1ccc(Cl)c(C(N)=O)c1)c1ccc(Br)cc1. The van der Waals surface area contributed by atoms with Crippen LogP contribution in [0.3, 0.4) is 0 Å². The molecule has 0 aliphatic heterocycles. The number of halogens is 2. The molecule has 0 spiro atoms. The summed E-state index contributed by atoms with van der Waals surface area (Å²) in [5.74, 6) is -1.13. The van der Waals surface area contributed by atoms with E-state index in [1.54, 1.807) is 18.2 Å². The van der Waals surface area contributed by atoms with Crippen molar-refractivity contribution < 1.29 is 14.7 Å². The third-order valence-electron chi connectivity index (χ3n) is 4.72. The number of carbonyl (C=O) groups is 2. The Balaban J connectivity index is 2.41. The fourth-order valence-electron chi connectivity index (χ4n) is 3.37. The topological polar surface area (TPSA) is 118 Å². The van der Waals surface area contributed by atoms with Crippen LogP contribution < -0.4 is 16.8 Å². The molecule has 0 saturated carbocycles. The lowest BCUT2D eigenvalue weighted by atomic mass is 9.75. The van der Waals surface area contributed by atoms with E-state index in [-0.39, 0.29) is 16.0 Å². The summed E-state index contributed by atoms with van der Waals surface area (Å²) in [4.78, 5) is 25.0. The van der Waals surface area contributed by atoms with Gasteiger partial charge in [0, 0.05) is 4.47 Å². The van der Waals surface area contributed by atoms with Crippen LogP contribution in [0.1, 0.15) is 54.7 Å². The first-order chi connectivity index (χ1) is 13.9. The third-order valence-corrected chi connectivity index (χ3v) is 5.58. The number of aliphatic hydroxyl groups is 1. The molecule has 0 unspecified atom stereocenters. The summed E-state index contributed by atoms with van der Waals surface area (Å²) in [6.07, 6.45) is 0.374. The summed E-state index contributed by atoms with van der Waals surface area (Å²) in [5.41, 5.74) is 11.7. The Labute approximate surface area is 190 Å². The molecule has 2 aromatic carbocycles. The lowest BCUT2D eigenvalue weighted by Crippen LogP contribution is -2.54. The van der Waals surface area contributed by atoms with Crippen LogP contribution >= 0.6 is 27.5 Å². The van der Waals surface area contributed by atoms with Gasteiger partial charge in [-0.25, -0.2) is 0 Å². The van der Waals surface area contributed by atoms with Crippen LogP contribution in [0.25, 0.3) is 0 Å². The summed E-state index contributed by atoms with van der Waals surface area (Å²) >= 11 is 9.40. The fraction of sp³-hybridized carbons (Fsp3) is 0.364. The van der Waals surface area contributed by atoms with E-state index < -0.39 is 30.0 Å². The molecule has 0 aliphatic carbocycles. The Morgan fingerprint density at radius 3 is 2.27 bits per heavy atom. The van der Waals surface area contributed by atoms with Crippen molar-refractivity contribution in [2.24, 2.45) is 16.9 Å². The van der Waals surface area contributed by atoms with Crippen molar-refractivity contribution in [2.75, 3.05) is 6.61 Å². The zero-order chi connectivity index (χ0) is 22.7. The molecule has 2 aromatic rings. The van der Waals surface area contributed by atoms with Crippen LogP contribution in [0.5, 0.6) is 0 Å². The Kier molecular flexibility index (Phi) is 7.69. The smallest absolute Gasteiger partial charge is 0.250 e. The highest BCUT2D eigenvalue weighted by Crippen LogP contribution is 2.34. The van der Waals surface area contributed by atoms with Crippen LogP contribution in [0.15, 0.2) is 46.9 Å². The predicted molar refractivity (Wildman–Crippen MR) is 122 cm³/mol. The lowest BCUT2D eigenvalue weighted by Gasteiger charge is -2.36. The number of primary amides is 1. The maximum absolute atomic E-state index is 13.4. The van der Waals surface area contributed by atoms with Gasteiger partial charge in [0.1, 0.15) is 5.54 Å². The molecule has 0 radical (unpaired) electrons. The molecular weight excluding hydrogens is 470 g/mol. The number of aliphatic hydroxyl groups excluding tert-OH is 1. The number of nitrogens with one attached hydrogen (secondary N) is 1. The van der Waals surface area contributed by atoms with Crippen molar-refractivity contribution >= 4 is 39.3 Å². The Morgan fingerprint density at radius 1 is 1.17 bits per heavy atom. The van der Waals surface area contributed by atoms with Gasteiger partial charge in [-0.3, -0.25) is 9.59 Å². The molecule has 8 heteroatoms. The molecule has 0 heterocycles.